The van der Waals surface area contributed by atoms with Crippen molar-refractivity contribution in [1.29, 1.82) is 0 Å². The number of halogens is 2. The Bertz CT molecular complexity index is 561. The van der Waals surface area contributed by atoms with E-state index in [1.807, 2.05) is 6.07 Å². The van der Waals surface area contributed by atoms with Crippen LogP contribution in [0, 0.1) is 11.6 Å². The Kier molecular flexibility index (Phi) is 4.74. The average molecular weight is 280 g/mol. The highest BCUT2D eigenvalue weighted by Crippen LogP contribution is 2.30. The van der Waals surface area contributed by atoms with Crippen molar-refractivity contribution in [3.63, 3.8) is 0 Å². The van der Waals surface area contributed by atoms with Crippen LogP contribution in [0.15, 0.2) is 46.3 Å². The number of benzene rings is 1. The molecule has 1 aromatic heterocycles. The SMILES string of the molecule is CCCNc1cc(Sc2ccc(F)cc2F)ccn1. The molecule has 2 rings (SSSR count). The molecular formula is C14H14F2N2S. The van der Waals surface area contributed by atoms with Crippen LogP contribution in [0.2, 0.25) is 0 Å². The van der Waals surface area contributed by atoms with Crippen LogP contribution < -0.4 is 5.32 Å². The number of anilines is 1. The third-order valence-electron chi connectivity index (χ3n) is 2.41. The van der Waals surface area contributed by atoms with Gasteiger partial charge in [-0.05, 0) is 30.7 Å². The van der Waals surface area contributed by atoms with E-state index in [0.717, 1.165) is 29.7 Å². The molecule has 0 bridgehead atoms. The number of hydrogen-bond acceptors (Lipinski definition) is 3. The summed E-state index contributed by atoms with van der Waals surface area (Å²) in [6.07, 6.45) is 2.67. The molecule has 0 saturated heterocycles. The second-order valence-corrected chi connectivity index (χ2v) is 5.10. The van der Waals surface area contributed by atoms with Crippen molar-refractivity contribution in [2.45, 2.75) is 23.1 Å². The summed E-state index contributed by atoms with van der Waals surface area (Å²) in [4.78, 5) is 5.43. The van der Waals surface area contributed by atoms with Crippen LogP contribution in [0.3, 0.4) is 0 Å². The van der Waals surface area contributed by atoms with E-state index in [2.05, 4.69) is 17.2 Å². The van der Waals surface area contributed by atoms with Crippen molar-refractivity contribution in [3.05, 3.63) is 48.2 Å². The zero-order valence-corrected chi connectivity index (χ0v) is 11.3. The van der Waals surface area contributed by atoms with E-state index in [-0.39, 0.29) is 0 Å². The Morgan fingerprint density at radius 3 is 2.79 bits per heavy atom. The van der Waals surface area contributed by atoms with Gasteiger partial charge in [-0.2, -0.15) is 0 Å². The maximum absolute atomic E-state index is 13.5. The first-order valence-corrected chi connectivity index (χ1v) is 6.83. The standard InChI is InChI=1S/C14H14F2N2S/c1-2-6-17-14-9-11(5-7-18-14)19-13-4-3-10(15)8-12(13)16/h3-5,7-9H,2,6H2,1H3,(H,17,18). The van der Waals surface area contributed by atoms with E-state index >= 15 is 0 Å². The van der Waals surface area contributed by atoms with Gasteiger partial charge in [0.25, 0.3) is 0 Å². The largest absolute Gasteiger partial charge is 0.370 e. The number of hydrogen-bond donors (Lipinski definition) is 1. The molecule has 0 radical (unpaired) electrons. The first kappa shape index (κ1) is 13.8. The summed E-state index contributed by atoms with van der Waals surface area (Å²) in [6, 6.07) is 7.23. The van der Waals surface area contributed by atoms with Gasteiger partial charge in [-0.1, -0.05) is 18.7 Å². The molecule has 1 aromatic carbocycles. The third-order valence-corrected chi connectivity index (χ3v) is 3.45. The summed E-state index contributed by atoms with van der Waals surface area (Å²) in [6.45, 7) is 2.91. The molecule has 0 spiro atoms. The topological polar surface area (TPSA) is 24.9 Å². The molecule has 0 amide bonds. The Morgan fingerprint density at radius 2 is 2.05 bits per heavy atom. The maximum atomic E-state index is 13.5. The predicted molar refractivity (Wildman–Crippen MR) is 73.5 cm³/mol. The van der Waals surface area contributed by atoms with Crippen LogP contribution in [0.1, 0.15) is 13.3 Å². The molecule has 5 heteroatoms. The molecule has 2 aromatic rings. The normalized spacial score (nSPS) is 10.5. The fraction of sp³-hybridized carbons (Fsp3) is 0.214. The number of nitrogens with zero attached hydrogens (tertiary/aromatic N) is 1. The number of nitrogens with one attached hydrogen (secondary N) is 1. The number of rotatable bonds is 5. The lowest BCUT2D eigenvalue weighted by atomic mass is 10.3. The molecule has 0 atom stereocenters. The first-order chi connectivity index (χ1) is 9.19. The van der Waals surface area contributed by atoms with Crippen molar-refractivity contribution >= 4 is 17.6 Å². The maximum Gasteiger partial charge on any atom is 0.140 e. The van der Waals surface area contributed by atoms with Gasteiger partial charge < -0.3 is 5.32 Å². The quantitative estimate of drug-likeness (QED) is 0.882. The third kappa shape index (κ3) is 3.92. The highest BCUT2D eigenvalue weighted by molar-refractivity contribution is 7.99. The van der Waals surface area contributed by atoms with Gasteiger partial charge in [-0.15, -0.1) is 0 Å². The molecule has 0 aliphatic rings. The highest BCUT2D eigenvalue weighted by Gasteiger charge is 2.06. The summed E-state index contributed by atoms with van der Waals surface area (Å²) in [7, 11) is 0. The van der Waals surface area contributed by atoms with Gasteiger partial charge in [-0.3, -0.25) is 0 Å². The number of aromatic nitrogens is 1. The Hall–Kier alpha value is -1.62. The van der Waals surface area contributed by atoms with E-state index in [1.165, 1.54) is 23.9 Å². The summed E-state index contributed by atoms with van der Waals surface area (Å²) in [5.74, 6) is -0.360. The minimum absolute atomic E-state index is 0.397. The van der Waals surface area contributed by atoms with Gasteiger partial charge in [0.05, 0.1) is 0 Å². The average Bonchev–Trinajstić information content (AvgIpc) is 2.40. The molecule has 2 nitrogen and oxygen atoms in total. The minimum Gasteiger partial charge on any atom is -0.370 e. The van der Waals surface area contributed by atoms with Crippen molar-refractivity contribution in [1.82, 2.24) is 4.98 Å². The van der Waals surface area contributed by atoms with Gasteiger partial charge >= 0.3 is 0 Å². The Labute approximate surface area is 115 Å². The summed E-state index contributed by atoms with van der Waals surface area (Å²) >= 11 is 1.25. The monoisotopic (exact) mass is 280 g/mol. The summed E-state index contributed by atoms with van der Waals surface area (Å²) < 4.78 is 26.4. The first-order valence-electron chi connectivity index (χ1n) is 6.02. The predicted octanol–water partition coefficient (Wildman–Crippen LogP) is 4.33. The Morgan fingerprint density at radius 1 is 1.21 bits per heavy atom. The minimum atomic E-state index is -0.568. The molecule has 100 valence electrons. The molecule has 0 unspecified atom stereocenters. The van der Waals surface area contributed by atoms with E-state index in [1.54, 1.807) is 12.3 Å². The van der Waals surface area contributed by atoms with Gasteiger partial charge in [0.15, 0.2) is 0 Å². The van der Waals surface area contributed by atoms with E-state index in [4.69, 9.17) is 0 Å². The molecule has 0 saturated carbocycles. The van der Waals surface area contributed by atoms with Gasteiger partial charge in [0, 0.05) is 28.6 Å². The zero-order chi connectivity index (χ0) is 13.7. The van der Waals surface area contributed by atoms with Gasteiger partial charge in [-0.25, -0.2) is 13.8 Å². The van der Waals surface area contributed by atoms with E-state index < -0.39 is 11.6 Å². The van der Waals surface area contributed by atoms with Crippen molar-refractivity contribution in [2.75, 3.05) is 11.9 Å². The van der Waals surface area contributed by atoms with Crippen molar-refractivity contribution in [2.24, 2.45) is 0 Å². The summed E-state index contributed by atoms with van der Waals surface area (Å²) in [5, 5.41) is 3.17. The lowest BCUT2D eigenvalue weighted by molar-refractivity contribution is 0.565. The highest BCUT2D eigenvalue weighted by atomic mass is 32.2. The lowest BCUT2D eigenvalue weighted by Crippen LogP contribution is -2.01. The lowest BCUT2D eigenvalue weighted by Gasteiger charge is -2.07. The van der Waals surface area contributed by atoms with Crippen LogP contribution in [0.25, 0.3) is 0 Å². The van der Waals surface area contributed by atoms with Crippen LogP contribution in [-0.4, -0.2) is 11.5 Å². The molecular weight excluding hydrogens is 266 g/mol. The molecule has 19 heavy (non-hydrogen) atoms. The second kappa shape index (κ2) is 6.52. The molecule has 0 aliphatic carbocycles. The molecule has 0 aliphatic heterocycles. The molecule has 0 fully saturated rings. The van der Waals surface area contributed by atoms with Crippen LogP contribution >= 0.6 is 11.8 Å². The van der Waals surface area contributed by atoms with E-state index in [0.29, 0.717) is 4.90 Å². The van der Waals surface area contributed by atoms with Crippen LogP contribution in [0.4, 0.5) is 14.6 Å². The fourth-order valence-electron chi connectivity index (χ4n) is 1.51. The summed E-state index contributed by atoms with van der Waals surface area (Å²) in [5.41, 5.74) is 0. The van der Waals surface area contributed by atoms with Crippen molar-refractivity contribution < 1.29 is 8.78 Å². The van der Waals surface area contributed by atoms with Gasteiger partial charge in [0.2, 0.25) is 0 Å². The molecule has 1 heterocycles. The number of pyridine rings is 1. The van der Waals surface area contributed by atoms with Crippen LogP contribution in [-0.2, 0) is 0 Å². The molecule has 1 N–H and O–H groups in total. The van der Waals surface area contributed by atoms with Gasteiger partial charge in [0.1, 0.15) is 17.5 Å². The van der Waals surface area contributed by atoms with Crippen molar-refractivity contribution in [3.8, 4) is 0 Å². The zero-order valence-electron chi connectivity index (χ0n) is 10.5. The fourth-order valence-corrected chi connectivity index (χ4v) is 2.36. The Balaban J connectivity index is 2.14. The van der Waals surface area contributed by atoms with Crippen LogP contribution in [0.5, 0.6) is 0 Å². The van der Waals surface area contributed by atoms with E-state index in [9.17, 15) is 8.78 Å². The smallest absolute Gasteiger partial charge is 0.140 e. The second-order valence-electron chi connectivity index (χ2n) is 3.98.